The molecule has 0 radical (unpaired) electrons. The van der Waals surface area contributed by atoms with Gasteiger partial charge in [-0.15, -0.1) is 0 Å². The van der Waals surface area contributed by atoms with Crippen LogP contribution in [0.25, 0.3) is 0 Å². The molecule has 1 aromatic heterocycles. The monoisotopic (exact) mass is 307 g/mol. The Balaban J connectivity index is 2.11. The van der Waals surface area contributed by atoms with Crippen molar-refractivity contribution in [2.24, 2.45) is 0 Å². The summed E-state index contributed by atoms with van der Waals surface area (Å²) in [6.07, 6.45) is 1.70. The van der Waals surface area contributed by atoms with E-state index in [-0.39, 0.29) is 5.78 Å². The highest BCUT2D eigenvalue weighted by atomic mass is 35.5. The Morgan fingerprint density at radius 2 is 1.55 bits per heavy atom. The van der Waals surface area contributed by atoms with Gasteiger partial charge in [0.1, 0.15) is 0 Å². The van der Waals surface area contributed by atoms with Crippen molar-refractivity contribution < 1.29 is 4.79 Å². The van der Waals surface area contributed by atoms with Gasteiger partial charge in [0.15, 0.2) is 5.78 Å². The highest BCUT2D eigenvalue weighted by molar-refractivity contribution is 6.34. The fourth-order valence-electron chi connectivity index (χ4n) is 2.47. The summed E-state index contributed by atoms with van der Waals surface area (Å²) >= 11 is 6.20. The Hall–Kier alpha value is -2.45. The molecule has 1 unspecified atom stereocenters. The molecule has 0 N–H and O–H groups in total. The van der Waals surface area contributed by atoms with Crippen LogP contribution in [0.4, 0.5) is 0 Å². The van der Waals surface area contributed by atoms with Gasteiger partial charge >= 0.3 is 0 Å². The second kappa shape index (κ2) is 6.54. The van der Waals surface area contributed by atoms with Crippen LogP contribution in [0.2, 0.25) is 5.02 Å². The molecule has 108 valence electrons. The van der Waals surface area contributed by atoms with Crippen molar-refractivity contribution in [3.63, 3.8) is 0 Å². The van der Waals surface area contributed by atoms with Crippen molar-refractivity contribution in [3.8, 4) is 0 Å². The minimum Gasteiger partial charge on any atom is -0.293 e. The summed E-state index contributed by atoms with van der Waals surface area (Å²) in [7, 11) is 0. The summed E-state index contributed by atoms with van der Waals surface area (Å²) in [5, 5.41) is 0.462. The molecule has 0 aliphatic heterocycles. The second-order valence-corrected chi connectivity index (χ2v) is 5.35. The third kappa shape index (κ3) is 2.92. The SMILES string of the molecule is O=C(c1ccccc1Cl)C(c1ccccc1)c1ccccn1. The molecule has 3 aromatic rings. The first-order valence-corrected chi connectivity index (χ1v) is 7.40. The van der Waals surface area contributed by atoms with Crippen LogP contribution < -0.4 is 0 Å². The molecule has 2 nitrogen and oxygen atoms in total. The fraction of sp³-hybridized carbons (Fsp3) is 0.0526. The zero-order valence-electron chi connectivity index (χ0n) is 11.8. The molecule has 22 heavy (non-hydrogen) atoms. The summed E-state index contributed by atoms with van der Waals surface area (Å²) in [6, 6.07) is 22.4. The number of hydrogen-bond acceptors (Lipinski definition) is 2. The molecule has 0 aliphatic carbocycles. The van der Waals surface area contributed by atoms with Crippen LogP contribution in [-0.4, -0.2) is 10.8 Å². The van der Waals surface area contributed by atoms with E-state index in [4.69, 9.17) is 11.6 Å². The number of Topliss-reactive ketones (excluding diaryl/α,β-unsaturated/α-hetero) is 1. The lowest BCUT2D eigenvalue weighted by Crippen LogP contribution is -2.16. The normalized spacial score (nSPS) is 11.9. The van der Waals surface area contributed by atoms with Crippen molar-refractivity contribution in [3.05, 3.63) is 101 Å². The highest BCUT2D eigenvalue weighted by Crippen LogP contribution is 2.29. The predicted octanol–water partition coefficient (Wildman–Crippen LogP) is 4.75. The Morgan fingerprint density at radius 3 is 2.23 bits per heavy atom. The average Bonchev–Trinajstić information content (AvgIpc) is 2.57. The molecule has 2 aromatic carbocycles. The van der Waals surface area contributed by atoms with Crippen molar-refractivity contribution in [2.75, 3.05) is 0 Å². The maximum Gasteiger partial charge on any atom is 0.177 e. The van der Waals surface area contributed by atoms with E-state index in [0.717, 1.165) is 11.3 Å². The first-order chi connectivity index (χ1) is 10.8. The van der Waals surface area contributed by atoms with E-state index < -0.39 is 5.92 Å². The lowest BCUT2D eigenvalue weighted by atomic mass is 9.87. The number of halogens is 1. The van der Waals surface area contributed by atoms with E-state index in [1.54, 1.807) is 18.3 Å². The third-order valence-electron chi connectivity index (χ3n) is 3.52. The summed E-state index contributed by atoms with van der Waals surface area (Å²) < 4.78 is 0. The molecule has 0 bridgehead atoms. The summed E-state index contributed by atoms with van der Waals surface area (Å²) in [5.41, 5.74) is 2.15. The van der Waals surface area contributed by atoms with Crippen molar-refractivity contribution >= 4 is 17.4 Å². The molecule has 0 aliphatic rings. The van der Waals surface area contributed by atoms with Gasteiger partial charge in [-0.3, -0.25) is 9.78 Å². The van der Waals surface area contributed by atoms with Crippen molar-refractivity contribution in [1.29, 1.82) is 0 Å². The fourth-order valence-corrected chi connectivity index (χ4v) is 2.69. The zero-order chi connectivity index (χ0) is 15.4. The number of pyridine rings is 1. The minimum atomic E-state index is -0.456. The Kier molecular flexibility index (Phi) is 4.31. The molecule has 0 fully saturated rings. The lowest BCUT2D eigenvalue weighted by Gasteiger charge is -2.16. The first-order valence-electron chi connectivity index (χ1n) is 7.02. The van der Waals surface area contributed by atoms with E-state index >= 15 is 0 Å². The summed E-state index contributed by atoms with van der Waals surface area (Å²) in [5.74, 6) is -0.502. The number of nitrogens with zero attached hydrogens (tertiary/aromatic N) is 1. The molecule has 0 saturated carbocycles. The predicted molar refractivity (Wildman–Crippen MR) is 88.3 cm³/mol. The van der Waals surface area contributed by atoms with E-state index in [9.17, 15) is 4.79 Å². The van der Waals surface area contributed by atoms with Gasteiger partial charge in [-0.05, 0) is 29.8 Å². The standard InChI is InChI=1S/C19H14ClNO/c20-16-11-5-4-10-15(16)19(22)18(14-8-2-1-3-9-14)17-12-6-7-13-21-17/h1-13,18H. The van der Waals surface area contributed by atoms with E-state index in [0.29, 0.717) is 10.6 Å². The van der Waals surface area contributed by atoms with Crippen molar-refractivity contribution in [2.45, 2.75) is 5.92 Å². The molecular weight excluding hydrogens is 294 g/mol. The number of carbonyl (C=O) groups excluding carboxylic acids is 1. The van der Waals surface area contributed by atoms with Crippen LogP contribution >= 0.6 is 11.6 Å². The van der Waals surface area contributed by atoms with Gasteiger partial charge in [0, 0.05) is 11.8 Å². The molecule has 1 heterocycles. The molecule has 0 saturated heterocycles. The first kappa shape index (κ1) is 14.5. The van der Waals surface area contributed by atoms with Gasteiger partial charge in [-0.25, -0.2) is 0 Å². The maximum absolute atomic E-state index is 13.0. The highest BCUT2D eigenvalue weighted by Gasteiger charge is 2.26. The summed E-state index contributed by atoms with van der Waals surface area (Å²) in [6.45, 7) is 0. The van der Waals surface area contributed by atoms with Crippen LogP contribution in [0.3, 0.4) is 0 Å². The van der Waals surface area contributed by atoms with Gasteiger partial charge in [0.25, 0.3) is 0 Å². The number of hydrogen-bond donors (Lipinski definition) is 0. The average molecular weight is 308 g/mol. The zero-order valence-corrected chi connectivity index (χ0v) is 12.6. The van der Waals surface area contributed by atoms with Gasteiger partial charge in [0.05, 0.1) is 16.6 Å². The van der Waals surface area contributed by atoms with Crippen molar-refractivity contribution in [1.82, 2.24) is 4.98 Å². The van der Waals surface area contributed by atoms with Gasteiger partial charge in [-0.1, -0.05) is 60.1 Å². The van der Waals surface area contributed by atoms with Crippen LogP contribution in [0.1, 0.15) is 27.5 Å². The van der Waals surface area contributed by atoms with Crippen LogP contribution in [0, 0.1) is 0 Å². The summed E-state index contributed by atoms with van der Waals surface area (Å²) in [4.78, 5) is 17.4. The number of carbonyl (C=O) groups is 1. The van der Waals surface area contributed by atoms with E-state index in [2.05, 4.69) is 4.98 Å². The topological polar surface area (TPSA) is 30.0 Å². The largest absolute Gasteiger partial charge is 0.293 e. The van der Waals surface area contributed by atoms with E-state index in [1.807, 2.05) is 60.7 Å². The maximum atomic E-state index is 13.0. The van der Waals surface area contributed by atoms with Gasteiger partial charge in [0.2, 0.25) is 0 Å². The Morgan fingerprint density at radius 1 is 0.864 bits per heavy atom. The molecular formula is C19H14ClNO. The lowest BCUT2D eigenvalue weighted by molar-refractivity contribution is 0.0972. The van der Waals surface area contributed by atoms with E-state index in [1.165, 1.54) is 0 Å². The Labute approximate surface area is 134 Å². The molecule has 3 heteroatoms. The number of rotatable bonds is 4. The second-order valence-electron chi connectivity index (χ2n) is 4.94. The quantitative estimate of drug-likeness (QED) is 0.651. The smallest absolute Gasteiger partial charge is 0.177 e. The number of ketones is 1. The molecule has 1 atom stereocenters. The third-order valence-corrected chi connectivity index (χ3v) is 3.85. The van der Waals surface area contributed by atoms with Gasteiger partial charge in [-0.2, -0.15) is 0 Å². The Bertz CT molecular complexity index is 732. The van der Waals surface area contributed by atoms with Crippen LogP contribution in [-0.2, 0) is 0 Å². The van der Waals surface area contributed by atoms with Crippen LogP contribution in [0.5, 0.6) is 0 Å². The molecule has 0 spiro atoms. The minimum absolute atomic E-state index is 0.0458. The molecule has 3 rings (SSSR count). The number of benzene rings is 2. The molecule has 0 amide bonds. The number of aromatic nitrogens is 1. The van der Waals surface area contributed by atoms with Gasteiger partial charge < -0.3 is 0 Å². The van der Waals surface area contributed by atoms with Crippen LogP contribution in [0.15, 0.2) is 79.0 Å².